The average Bonchev–Trinajstić information content (AvgIpc) is 3.01. The van der Waals surface area contributed by atoms with Crippen molar-refractivity contribution in [3.05, 3.63) is 40.9 Å². The third-order valence-electron chi connectivity index (χ3n) is 2.81. The maximum Gasteiger partial charge on any atom is 0.141 e. The standard InChI is InChI=1S/C12H10ClFN2/c13-9-5-8(3-4-10(9)14)12-15-6-11(16-12)7-1-2-7/h3-7H,1-2H2,(H,15,16). The Kier molecular flexibility index (Phi) is 2.21. The summed E-state index contributed by atoms with van der Waals surface area (Å²) in [6.07, 6.45) is 4.31. The van der Waals surface area contributed by atoms with Gasteiger partial charge in [0.05, 0.1) is 5.02 Å². The van der Waals surface area contributed by atoms with Crippen molar-refractivity contribution in [2.75, 3.05) is 0 Å². The molecule has 82 valence electrons. The molecular weight excluding hydrogens is 227 g/mol. The lowest BCUT2D eigenvalue weighted by Crippen LogP contribution is -1.84. The predicted molar refractivity (Wildman–Crippen MR) is 61.0 cm³/mol. The Bertz CT molecular complexity index is 532. The first kappa shape index (κ1) is 9.85. The number of hydrogen-bond acceptors (Lipinski definition) is 1. The van der Waals surface area contributed by atoms with Gasteiger partial charge in [0.2, 0.25) is 0 Å². The number of hydrogen-bond donors (Lipinski definition) is 1. The molecule has 0 spiro atoms. The molecule has 0 unspecified atom stereocenters. The molecule has 1 aromatic heterocycles. The molecule has 1 aliphatic rings. The molecule has 16 heavy (non-hydrogen) atoms. The number of imidazole rings is 1. The number of halogens is 2. The zero-order valence-corrected chi connectivity index (χ0v) is 9.26. The van der Waals surface area contributed by atoms with Gasteiger partial charge in [-0.1, -0.05) is 11.6 Å². The highest BCUT2D eigenvalue weighted by molar-refractivity contribution is 6.31. The molecule has 1 N–H and O–H groups in total. The summed E-state index contributed by atoms with van der Waals surface area (Å²) in [6.45, 7) is 0. The third kappa shape index (κ3) is 1.71. The van der Waals surface area contributed by atoms with E-state index in [1.807, 2.05) is 6.20 Å². The van der Waals surface area contributed by atoms with E-state index in [9.17, 15) is 4.39 Å². The maximum atomic E-state index is 13.0. The summed E-state index contributed by atoms with van der Waals surface area (Å²) in [4.78, 5) is 7.53. The molecule has 4 heteroatoms. The molecule has 0 atom stereocenters. The van der Waals surface area contributed by atoms with Crippen LogP contribution in [0.1, 0.15) is 24.5 Å². The van der Waals surface area contributed by atoms with Crippen LogP contribution in [0.4, 0.5) is 4.39 Å². The Hall–Kier alpha value is -1.35. The normalized spacial score (nSPS) is 15.4. The summed E-state index contributed by atoms with van der Waals surface area (Å²) in [6, 6.07) is 4.63. The number of nitrogens with zero attached hydrogens (tertiary/aromatic N) is 1. The third-order valence-corrected chi connectivity index (χ3v) is 3.10. The maximum absolute atomic E-state index is 13.0. The van der Waals surface area contributed by atoms with Crippen LogP contribution in [0.5, 0.6) is 0 Å². The van der Waals surface area contributed by atoms with Crippen molar-refractivity contribution in [3.63, 3.8) is 0 Å². The van der Waals surface area contributed by atoms with Crippen LogP contribution in [0.3, 0.4) is 0 Å². The monoisotopic (exact) mass is 236 g/mol. The summed E-state index contributed by atoms with van der Waals surface area (Å²) < 4.78 is 13.0. The Morgan fingerprint density at radius 1 is 1.38 bits per heavy atom. The van der Waals surface area contributed by atoms with Gasteiger partial charge >= 0.3 is 0 Å². The van der Waals surface area contributed by atoms with Gasteiger partial charge in [0.1, 0.15) is 11.6 Å². The average molecular weight is 237 g/mol. The van der Waals surface area contributed by atoms with Crippen LogP contribution in [0, 0.1) is 5.82 Å². The largest absolute Gasteiger partial charge is 0.342 e. The molecule has 3 rings (SSSR count). The zero-order valence-electron chi connectivity index (χ0n) is 8.50. The quantitative estimate of drug-likeness (QED) is 0.845. The lowest BCUT2D eigenvalue weighted by atomic mass is 10.2. The second-order valence-corrected chi connectivity index (χ2v) is 4.50. The molecular formula is C12H10ClFN2. The number of aromatic nitrogens is 2. The first-order chi connectivity index (χ1) is 7.74. The highest BCUT2D eigenvalue weighted by Gasteiger charge is 2.25. The van der Waals surface area contributed by atoms with Gasteiger partial charge in [-0.05, 0) is 31.0 Å². The molecule has 1 saturated carbocycles. The van der Waals surface area contributed by atoms with Gasteiger partial charge in [0.25, 0.3) is 0 Å². The molecule has 0 radical (unpaired) electrons. The fourth-order valence-corrected chi connectivity index (χ4v) is 1.91. The summed E-state index contributed by atoms with van der Waals surface area (Å²) in [5, 5.41) is 0.127. The summed E-state index contributed by atoms with van der Waals surface area (Å²) in [7, 11) is 0. The minimum absolute atomic E-state index is 0.127. The van der Waals surface area contributed by atoms with Crippen molar-refractivity contribution >= 4 is 11.6 Å². The van der Waals surface area contributed by atoms with E-state index in [1.165, 1.54) is 18.9 Å². The molecule has 2 aromatic rings. The number of nitrogens with one attached hydrogen (secondary N) is 1. The molecule has 1 aliphatic carbocycles. The Balaban J connectivity index is 1.97. The number of aromatic amines is 1. The summed E-state index contributed by atoms with van der Waals surface area (Å²) >= 11 is 5.73. The fourth-order valence-electron chi connectivity index (χ4n) is 1.73. The van der Waals surface area contributed by atoms with Gasteiger partial charge < -0.3 is 4.98 Å². The van der Waals surface area contributed by atoms with Crippen LogP contribution in [0.2, 0.25) is 5.02 Å². The molecule has 0 aliphatic heterocycles. The molecule has 0 saturated heterocycles. The zero-order chi connectivity index (χ0) is 11.1. The molecule has 1 fully saturated rings. The highest BCUT2D eigenvalue weighted by Crippen LogP contribution is 2.39. The van der Waals surface area contributed by atoms with Gasteiger partial charge in [-0.2, -0.15) is 0 Å². The van der Waals surface area contributed by atoms with Crippen LogP contribution >= 0.6 is 11.6 Å². The van der Waals surface area contributed by atoms with Crippen LogP contribution in [-0.4, -0.2) is 9.97 Å². The van der Waals surface area contributed by atoms with Gasteiger partial charge in [-0.15, -0.1) is 0 Å². The summed E-state index contributed by atoms with van der Waals surface area (Å²) in [5.74, 6) is 0.986. The van der Waals surface area contributed by atoms with E-state index in [4.69, 9.17) is 11.6 Å². The SMILES string of the molecule is Fc1ccc(-c2ncc(C3CC3)[nH]2)cc1Cl. The van der Waals surface area contributed by atoms with E-state index in [0.29, 0.717) is 5.92 Å². The minimum atomic E-state index is -0.403. The number of H-pyrrole nitrogens is 1. The lowest BCUT2D eigenvalue weighted by molar-refractivity contribution is 0.628. The van der Waals surface area contributed by atoms with E-state index in [1.54, 1.807) is 12.1 Å². The Morgan fingerprint density at radius 3 is 2.88 bits per heavy atom. The molecule has 0 bridgehead atoms. The highest BCUT2D eigenvalue weighted by atomic mass is 35.5. The van der Waals surface area contributed by atoms with E-state index < -0.39 is 5.82 Å². The van der Waals surface area contributed by atoms with Gasteiger partial charge in [0, 0.05) is 23.4 Å². The number of benzene rings is 1. The molecule has 1 aromatic carbocycles. The van der Waals surface area contributed by atoms with E-state index in [2.05, 4.69) is 9.97 Å². The second kappa shape index (κ2) is 3.59. The fraction of sp³-hybridized carbons (Fsp3) is 0.250. The molecule has 1 heterocycles. The molecule has 2 nitrogen and oxygen atoms in total. The van der Waals surface area contributed by atoms with Crippen molar-refractivity contribution < 1.29 is 4.39 Å². The lowest BCUT2D eigenvalue weighted by Gasteiger charge is -1.98. The van der Waals surface area contributed by atoms with E-state index in [0.717, 1.165) is 17.1 Å². The van der Waals surface area contributed by atoms with Crippen molar-refractivity contribution in [1.82, 2.24) is 9.97 Å². The van der Waals surface area contributed by atoms with Crippen LogP contribution in [-0.2, 0) is 0 Å². The number of rotatable bonds is 2. The Labute approximate surface area is 97.5 Å². The van der Waals surface area contributed by atoms with E-state index >= 15 is 0 Å². The smallest absolute Gasteiger partial charge is 0.141 e. The van der Waals surface area contributed by atoms with Gasteiger partial charge in [-0.3, -0.25) is 0 Å². The summed E-state index contributed by atoms with van der Waals surface area (Å²) in [5.41, 5.74) is 1.98. The van der Waals surface area contributed by atoms with Gasteiger partial charge in [0.15, 0.2) is 0 Å². The first-order valence-electron chi connectivity index (χ1n) is 5.24. The van der Waals surface area contributed by atoms with Crippen molar-refractivity contribution in [3.8, 4) is 11.4 Å². The Morgan fingerprint density at radius 2 is 2.19 bits per heavy atom. The topological polar surface area (TPSA) is 28.7 Å². The minimum Gasteiger partial charge on any atom is -0.342 e. The van der Waals surface area contributed by atoms with Crippen molar-refractivity contribution in [2.24, 2.45) is 0 Å². The predicted octanol–water partition coefficient (Wildman–Crippen LogP) is 3.75. The van der Waals surface area contributed by atoms with Crippen molar-refractivity contribution in [2.45, 2.75) is 18.8 Å². The van der Waals surface area contributed by atoms with Gasteiger partial charge in [-0.25, -0.2) is 9.37 Å². The molecule has 0 amide bonds. The van der Waals surface area contributed by atoms with Crippen LogP contribution in [0.15, 0.2) is 24.4 Å². The van der Waals surface area contributed by atoms with E-state index in [-0.39, 0.29) is 5.02 Å². The van der Waals surface area contributed by atoms with Crippen molar-refractivity contribution in [1.29, 1.82) is 0 Å². The second-order valence-electron chi connectivity index (χ2n) is 4.09. The first-order valence-corrected chi connectivity index (χ1v) is 5.62. The van der Waals surface area contributed by atoms with Crippen LogP contribution in [0.25, 0.3) is 11.4 Å². The van der Waals surface area contributed by atoms with Crippen LogP contribution < -0.4 is 0 Å².